The molecule has 3 rings (SSSR count). The standard InChI is InChI=1S/C12H9ClN4/c1-8-3-2-4-9(7-8)12-15-14-11-6-5-10(13)16-17(11)12/h2-7H,1H3. The summed E-state index contributed by atoms with van der Waals surface area (Å²) in [5, 5.41) is 12.8. The van der Waals surface area contributed by atoms with Crippen LogP contribution in [0.15, 0.2) is 36.4 Å². The number of benzene rings is 1. The molecule has 2 heterocycles. The lowest BCUT2D eigenvalue weighted by molar-refractivity contribution is 0.936. The number of nitrogens with zero attached hydrogens (tertiary/aromatic N) is 4. The third kappa shape index (κ3) is 1.76. The van der Waals surface area contributed by atoms with E-state index < -0.39 is 0 Å². The highest BCUT2D eigenvalue weighted by Gasteiger charge is 2.09. The van der Waals surface area contributed by atoms with Crippen LogP contribution in [0.2, 0.25) is 5.15 Å². The van der Waals surface area contributed by atoms with Gasteiger partial charge in [0.2, 0.25) is 0 Å². The molecule has 0 unspecified atom stereocenters. The molecule has 0 amide bonds. The Hall–Kier alpha value is -1.94. The summed E-state index contributed by atoms with van der Waals surface area (Å²) in [5.41, 5.74) is 2.83. The largest absolute Gasteiger partial charge is 0.191 e. The zero-order valence-corrected chi connectivity index (χ0v) is 9.89. The number of aryl methyl sites for hydroxylation is 1. The minimum Gasteiger partial charge on any atom is -0.191 e. The summed E-state index contributed by atoms with van der Waals surface area (Å²) in [7, 11) is 0. The molecule has 0 radical (unpaired) electrons. The SMILES string of the molecule is Cc1cccc(-c2nnc3ccc(Cl)nn23)c1. The van der Waals surface area contributed by atoms with Gasteiger partial charge in [-0.15, -0.1) is 10.2 Å². The van der Waals surface area contributed by atoms with Gasteiger partial charge >= 0.3 is 0 Å². The Morgan fingerprint density at radius 1 is 1.12 bits per heavy atom. The van der Waals surface area contributed by atoms with Crippen molar-refractivity contribution in [2.45, 2.75) is 6.92 Å². The minimum atomic E-state index is 0.422. The fraction of sp³-hybridized carbons (Fsp3) is 0.0833. The molecule has 0 bridgehead atoms. The summed E-state index contributed by atoms with van der Waals surface area (Å²) in [6.07, 6.45) is 0. The van der Waals surface area contributed by atoms with Gasteiger partial charge in [0.05, 0.1) is 0 Å². The van der Waals surface area contributed by atoms with Crippen LogP contribution in [0.25, 0.3) is 17.0 Å². The van der Waals surface area contributed by atoms with Gasteiger partial charge < -0.3 is 0 Å². The summed E-state index contributed by atoms with van der Waals surface area (Å²) >= 11 is 5.88. The van der Waals surface area contributed by atoms with Crippen LogP contribution in [0.4, 0.5) is 0 Å². The Labute approximate surface area is 103 Å². The zero-order chi connectivity index (χ0) is 11.8. The molecular weight excluding hydrogens is 236 g/mol. The molecule has 0 aliphatic carbocycles. The van der Waals surface area contributed by atoms with Crippen molar-refractivity contribution in [3.8, 4) is 11.4 Å². The van der Waals surface area contributed by atoms with Crippen molar-refractivity contribution in [2.75, 3.05) is 0 Å². The van der Waals surface area contributed by atoms with Gasteiger partial charge in [-0.2, -0.15) is 9.61 Å². The molecule has 0 aliphatic heterocycles. The first-order valence-electron chi connectivity index (χ1n) is 5.19. The van der Waals surface area contributed by atoms with Crippen LogP contribution in [0.1, 0.15) is 5.56 Å². The summed E-state index contributed by atoms with van der Waals surface area (Å²) in [4.78, 5) is 0. The first-order chi connectivity index (χ1) is 8.24. The van der Waals surface area contributed by atoms with Crippen molar-refractivity contribution in [2.24, 2.45) is 0 Å². The molecule has 1 aromatic carbocycles. The van der Waals surface area contributed by atoms with E-state index in [4.69, 9.17) is 11.6 Å². The molecule has 4 nitrogen and oxygen atoms in total. The zero-order valence-electron chi connectivity index (χ0n) is 9.13. The topological polar surface area (TPSA) is 43.1 Å². The van der Waals surface area contributed by atoms with Crippen LogP contribution >= 0.6 is 11.6 Å². The van der Waals surface area contributed by atoms with Gasteiger partial charge in [-0.05, 0) is 25.1 Å². The average Bonchev–Trinajstić information content (AvgIpc) is 2.71. The lowest BCUT2D eigenvalue weighted by Crippen LogP contribution is -1.94. The predicted octanol–water partition coefficient (Wildman–Crippen LogP) is 2.75. The van der Waals surface area contributed by atoms with Crippen LogP contribution < -0.4 is 0 Å². The van der Waals surface area contributed by atoms with Crippen molar-refractivity contribution in [3.05, 3.63) is 47.1 Å². The maximum atomic E-state index is 5.88. The van der Waals surface area contributed by atoms with E-state index in [1.54, 1.807) is 16.6 Å². The third-order valence-corrected chi connectivity index (χ3v) is 2.71. The van der Waals surface area contributed by atoms with E-state index in [0.717, 1.165) is 5.56 Å². The molecule has 0 spiro atoms. The molecule has 0 atom stereocenters. The summed E-state index contributed by atoms with van der Waals surface area (Å²) in [6, 6.07) is 11.5. The maximum absolute atomic E-state index is 5.88. The predicted molar refractivity (Wildman–Crippen MR) is 66.0 cm³/mol. The normalized spacial score (nSPS) is 10.9. The van der Waals surface area contributed by atoms with Crippen molar-refractivity contribution in [3.63, 3.8) is 0 Å². The molecule has 0 saturated carbocycles. The fourth-order valence-corrected chi connectivity index (χ4v) is 1.87. The number of hydrogen-bond acceptors (Lipinski definition) is 3. The Bertz CT molecular complexity index is 690. The van der Waals surface area contributed by atoms with Crippen LogP contribution in [0.5, 0.6) is 0 Å². The highest BCUT2D eigenvalue weighted by atomic mass is 35.5. The van der Waals surface area contributed by atoms with Crippen LogP contribution in [-0.2, 0) is 0 Å². The molecule has 0 saturated heterocycles. The van der Waals surface area contributed by atoms with E-state index in [-0.39, 0.29) is 0 Å². The number of halogens is 1. The molecule has 0 N–H and O–H groups in total. The summed E-state index contributed by atoms with van der Waals surface area (Å²) in [5.74, 6) is 0.700. The lowest BCUT2D eigenvalue weighted by atomic mass is 10.1. The molecule has 0 fully saturated rings. The van der Waals surface area contributed by atoms with E-state index >= 15 is 0 Å². The van der Waals surface area contributed by atoms with E-state index in [9.17, 15) is 0 Å². The Morgan fingerprint density at radius 2 is 2.00 bits per heavy atom. The highest BCUT2D eigenvalue weighted by molar-refractivity contribution is 6.29. The van der Waals surface area contributed by atoms with E-state index in [1.807, 2.05) is 31.2 Å². The van der Waals surface area contributed by atoms with Crippen molar-refractivity contribution < 1.29 is 0 Å². The Morgan fingerprint density at radius 3 is 2.82 bits per heavy atom. The van der Waals surface area contributed by atoms with Gasteiger partial charge in [-0.3, -0.25) is 0 Å². The molecular formula is C12H9ClN4. The smallest absolute Gasteiger partial charge is 0.185 e. The second-order valence-electron chi connectivity index (χ2n) is 3.82. The summed E-state index contributed by atoms with van der Waals surface area (Å²) < 4.78 is 1.65. The van der Waals surface area contributed by atoms with Gasteiger partial charge in [-0.1, -0.05) is 35.4 Å². The van der Waals surface area contributed by atoms with Crippen LogP contribution in [0.3, 0.4) is 0 Å². The van der Waals surface area contributed by atoms with Gasteiger partial charge in [0.15, 0.2) is 11.5 Å². The fourth-order valence-electron chi connectivity index (χ4n) is 1.73. The van der Waals surface area contributed by atoms with E-state index in [0.29, 0.717) is 16.6 Å². The Kier molecular flexibility index (Phi) is 2.30. The van der Waals surface area contributed by atoms with Crippen LogP contribution in [0, 0.1) is 6.92 Å². The molecule has 17 heavy (non-hydrogen) atoms. The average molecular weight is 245 g/mol. The second-order valence-corrected chi connectivity index (χ2v) is 4.21. The van der Waals surface area contributed by atoms with E-state index in [1.165, 1.54) is 5.56 Å². The molecule has 2 aromatic heterocycles. The van der Waals surface area contributed by atoms with Crippen molar-refractivity contribution in [1.29, 1.82) is 0 Å². The molecule has 0 aliphatic rings. The minimum absolute atomic E-state index is 0.422. The van der Waals surface area contributed by atoms with Gasteiger partial charge in [0.25, 0.3) is 0 Å². The van der Waals surface area contributed by atoms with Gasteiger partial charge in [0.1, 0.15) is 5.15 Å². The maximum Gasteiger partial charge on any atom is 0.185 e. The lowest BCUT2D eigenvalue weighted by Gasteiger charge is -2.00. The monoisotopic (exact) mass is 244 g/mol. The highest BCUT2D eigenvalue weighted by Crippen LogP contribution is 2.19. The first kappa shape index (κ1) is 10.2. The Balaban J connectivity index is 2.27. The quantitative estimate of drug-likeness (QED) is 0.661. The summed E-state index contributed by atoms with van der Waals surface area (Å²) in [6.45, 7) is 2.03. The van der Waals surface area contributed by atoms with Gasteiger partial charge in [-0.25, -0.2) is 0 Å². The molecule has 3 aromatic rings. The molecule has 5 heteroatoms. The van der Waals surface area contributed by atoms with Gasteiger partial charge in [0, 0.05) is 5.56 Å². The number of fused-ring (bicyclic) bond motifs is 1. The van der Waals surface area contributed by atoms with E-state index in [2.05, 4.69) is 15.3 Å². The third-order valence-electron chi connectivity index (χ3n) is 2.51. The van der Waals surface area contributed by atoms with Crippen LogP contribution in [-0.4, -0.2) is 19.8 Å². The van der Waals surface area contributed by atoms with Crippen molar-refractivity contribution in [1.82, 2.24) is 19.8 Å². The molecule has 84 valence electrons. The van der Waals surface area contributed by atoms with Crippen molar-refractivity contribution >= 4 is 17.2 Å². The second kappa shape index (κ2) is 3.82. The first-order valence-corrected chi connectivity index (χ1v) is 5.57. The number of rotatable bonds is 1. The number of aromatic nitrogens is 4. The number of hydrogen-bond donors (Lipinski definition) is 0.